The summed E-state index contributed by atoms with van der Waals surface area (Å²) in [4.78, 5) is 8.52. The molecule has 0 amide bonds. The minimum atomic E-state index is -3.21. The molecule has 1 saturated carbocycles. The fourth-order valence-corrected chi connectivity index (χ4v) is 6.71. The van der Waals surface area contributed by atoms with Crippen molar-refractivity contribution in [3.05, 3.63) is 71.5 Å². The molecule has 5 rings (SSSR count). The van der Waals surface area contributed by atoms with Crippen molar-refractivity contribution in [3.63, 3.8) is 0 Å². The minimum Gasteiger partial charge on any atom is -0.396 e. The highest BCUT2D eigenvalue weighted by molar-refractivity contribution is 7.92. The Bertz CT molecular complexity index is 1240. The Balaban J connectivity index is 1.41. The minimum absolute atomic E-state index is 0.104. The number of nitrogens with one attached hydrogen (secondary N) is 1. The number of aliphatic hydroxyl groups excluding tert-OH is 2. The van der Waals surface area contributed by atoms with E-state index in [0.717, 1.165) is 73.5 Å². The number of hydrogen-bond acceptors (Lipinski definition) is 6. The lowest BCUT2D eigenvalue weighted by atomic mass is 9.83. The van der Waals surface area contributed by atoms with Gasteiger partial charge in [-0.2, -0.15) is 0 Å². The van der Waals surface area contributed by atoms with E-state index in [4.69, 9.17) is 4.74 Å². The van der Waals surface area contributed by atoms with E-state index in [1.807, 2.05) is 30.3 Å². The van der Waals surface area contributed by atoms with Crippen LogP contribution in [0.5, 0.6) is 0 Å². The van der Waals surface area contributed by atoms with Gasteiger partial charge in [0, 0.05) is 36.9 Å². The van der Waals surface area contributed by atoms with Gasteiger partial charge in [-0.3, -0.25) is 4.98 Å². The molecule has 3 N–H and O–H groups in total. The van der Waals surface area contributed by atoms with Crippen molar-refractivity contribution in [2.45, 2.75) is 54.1 Å². The van der Waals surface area contributed by atoms with Crippen LogP contribution in [0.2, 0.25) is 0 Å². The third-order valence-corrected chi connectivity index (χ3v) is 9.82. The molecule has 7 nitrogen and oxygen atoms in total. The molecule has 2 aromatic heterocycles. The molecule has 1 saturated heterocycles. The molecule has 0 spiro atoms. The Morgan fingerprint density at radius 2 is 1.61 bits per heavy atom. The Labute approximate surface area is 212 Å². The maximum atomic E-state index is 12.7. The summed E-state index contributed by atoms with van der Waals surface area (Å²) >= 11 is 0. The summed E-state index contributed by atoms with van der Waals surface area (Å²) in [5.41, 5.74) is 4.65. The number of aromatic nitrogens is 2. The number of nitrogens with zero attached hydrogens (tertiary/aromatic N) is 1. The van der Waals surface area contributed by atoms with Crippen LogP contribution in [-0.4, -0.2) is 60.3 Å². The quantitative estimate of drug-likeness (QED) is 0.380. The molecule has 36 heavy (non-hydrogen) atoms. The number of pyridine rings is 1. The van der Waals surface area contributed by atoms with Gasteiger partial charge >= 0.3 is 0 Å². The molecule has 8 heteroatoms. The Kier molecular flexibility index (Phi) is 7.57. The third-order valence-electron chi connectivity index (χ3n) is 7.54. The summed E-state index contributed by atoms with van der Waals surface area (Å²) in [6, 6.07) is 15.4. The number of aliphatic hydroxyl groups is 2. The normalized spacial score (nSPS) is 18.0. The molecule has 3 heterocycles. The van der Waals surface area contributed by atoms with Crippen LogP contribution in [0, 0.1) is 5.92 Å². The van der Waals surface area contributed by atoms with E-state index in [-0.39, 0.29) is 30.3 Å². The first-order chi connectivity index (χ1) is 17.5. The molecule has 0 radical (unpaired) electrons. The molecule has 1 unspecified atom stereocenters. The van der Waals surface area contributed by atoms with Crippen LogP contribution >= 0.6 is 0 Å². The van der Waals surface area contributed by atoms with Crippen molar-refractivity contribution in [1.82, 2.24) is 9.97 Å². The zero-order valence-corrected chi connectivity index (χ0v) is 21.2. The first-order valence-corrected chi connectivity index (χ1v) is 14.3. The largest absolute Gasteiger partial charge is 0.396 e. The number of aromatic amines is 1. The molecular formula is C28H34N2O5S. The Hall–Kier alpha value is -2.52. The van der Waals surface area contributed by atoms with E-state index < -0.39 is 9.84 Å². The monoisotopic (exact) mass is 510 g/mol. The van der Waals surface area contributed by atoms with E-state index in [1.165, 1.54) is 0 Å². The van der Waals surface area contributed by atoms with E-state index in [0.29, 0.717) is 10.8 Å². The van der Waals surface area contributed by atoms with Crippen molar-refractivity contribution >= 4 is 9.84 Å². The summed E-state index contributed by atoms with van der Waals surface area (Å²) in [6.45, 7) is 1.31. The zero-order valence-electron chi connectivity index (χ0n) is 20.3. The van der Waals surface area contributed by atoms with Crippen LogP contribution < -0.4 is 0 Å². The van der Waals surface area contributed by atoms with Crippen LogP contribution in [0.1, 0.15) is 60.8 Å². The van der Waals surface area contributed by atoms with Crippen LogP contribution in [0.4, 0.5) is 0 Å². The van der Waals surface area contributed by atoms with Gasteiger partial charge in [0.05, 0.1) is 34.7 Å². The second-order valence-electron chi connectivity index (χ2n) is 10.0. The van der Waals surface area contributed by atoms with Crippen molar-refractivity contribution in [2.75, 3.05) is 26.4 Å². The topological polar surface area (TPSA) is 113 Å². The lowest BCUT2D eigenvalue weighted by Gasteiger charge is -2.27. The molecule has 0 bridgehead atoms. The second kappa shape index (κ2) is 10.8. The first kappa shape index (κ1) is 25.1. The maximum absolute atomic E-state index is 12.7. The predicted molar refractivity (Wildman–Crippen MR) is 138 cm³/mol. The molecule has 1 aromatic carbocycles. The first-order valence-electron chi connectivity index (χ1n) is 12.8. The summed E-state index contributed by atoms with van der Waals surface area (Å²) in [7, 11) is -3.21. The number of hydrogen-bond donors (Lipinski definition) is 3. The summed E-state index contributed by atoms with van der Waals surface area (Å²) in [6.07, 6.45) is 6.23. The fraction of sp³-hybridized carbons (Fsp3) is 0.464. The summed E-state index contributed by atoms with van der Waals surface area (Å²) in [5, 5.41) is 18.6. The number of rotatable bonds is 10. The molecule has 3 aromatic rings. The highest BCUT2D eigenvalue weighted by Gasteiger charge is 2.37. The molecule has 1 aliphatic carbocycles. The van der Waals surface area contributed by atoms with Crippen LogP contribution in [0.15, 0.2) is 59.6 Å². The van der Waals surface area contributed by atoms with Gasteiger partial charge < -0.3 is 19.9 Å². The Morgan fingerprint density at radius 3 is 2.22 bits per heavy atom. The Morgan fingerprint density at radius 1 is 0.917 bits per heavy atom. The number of benzene rings is 1. The van der Waals surface area contributed by atoms with Crippen molar-refractivity contribution < 1.29 is 23.4 Å². The lowest BCUT2D eigenvalue weighted by molar-refractivity contribution is 0.0626. The smallest absolute Gasteiger partial charge is 0.181 e. The lowest BCUT2D eigenvalue weighted by Crippen LogP contribution is -2.19. The highest BCUT2D eigenvalue weighted by Crippen LogP contribution is 2.37. The van der Waals surface area contributed by atoms with Crippen LogP contribution in [0.3, 0.4) is 0 Å². The van der Waals surface area contributed by atoms with Crippen molar-refractivity contribution in [1.29, 1.82) is 0 Å². The van der Waals surface area contributed by atoms with Gasteiger partial charge in [0.2, 0.25) is 0 Å². The van der Waals surface area contributed by atoms with E-state index in [1.54, 1.807) is 18.3 Å². The number of sulfone groups is 1. The van der Waals surface area contributed by atoms with Gasteiger partial charge in [-0.1, -0.05) is 18.2 Å². The SMILES string of the molecule is O=S(=O)(c1ccc(C(CC2CCOCC2)c2ccc(-c3ccc(C(CO)CO)cn3)[nH]2)cc1)C1CC1. The molecule has 2 fully saturated rings. The zero-order chi connectivity index (χ0) is 25.1. The van der Waals surface area contributed by atoms with E-state index >= 15 is 0 Å². The van der Waals surface area contributed by atoms with Gasteiger partial charge in [0.15, 0.2) is 9.84 Å². The fourth-order valence-electron chi connectivity index (χ4n) is 5.06. The van der Waals surface area contributed by atoms with Crippen molar-refractivity contribution in [2.24, 2.45) is 5.92 Å². The summed E-state index contributed by atoms with van der Waals surface area (Å²) < 4.78 is 30.9. The molecule has 1 aliphatic heterocycles. The van der Waals surface area contributed by atoms with Crippen LogP contribution in [-0.2, 0) is 14.6 Å². The highest BCUT2D eigenvalue weighted by atomic mass is 32.2. The maximum Gasteiger partial charge on any atom is 0.181 e. The van der Waals surface area contributed by atoms with Gasteiger partial charge in [-0.25, -0.2) is 8.42 Å². The van der Waals surface area contributed by atoms with Gasteiger partial charge in [-0.15, -0.1) is 0 Å². The average molecular weight is 511 g/mol. The van der Waals surface area contributed by atoms with E-state index in [9.17, 15) is 18.6 Å². The molecule has 1 atom stereocenters. The van der Waals surface area contributed by atoms with Crippen LogP contribution in [0.25, 0.3) is 11.4 Å². The van der Waals surface area contributed by atoms with E-state index in [2.05, 4.69) is 16.0 Å². The standard InChI is InChI=1S/C28H34N2O5S/c31-17-22(18-32)21-3-8-27(29-16-21)28-10-9-26(30-28)25(15-19-11-13-35-14-12-19)20-1-4-23(5-2-20)36(33,34)24-6-7-24/h1-5,8-10,16,19,22,24-25,30-32H,6-7,11-15,17-18H2. The second-order valence-corrected chi connectivity index (χ2v) is 12.3. The molecule has 192 valence electrons. The third kappa shape index (κ3) is 5.42. The molecular weight excluding hydrogens is 476 g/mol. The van der Waals surface area contributed by atoms with Crippen molar-refractivity contribution in [3.8, 4) is 11.4 Å². The number of ether oxygens (including phenoxy) is 1. The van der Waals surface area contributed by atoms with Gasteiger partial charge in [0.1, 0.15) is 0 Å². The number of H-pyrrole nitrogens is 1. The van der Waals surface area contributed by atoms with Gasteiger partial charge in [0.25, 0.3) is 0 Å². The van der Waals surface area contributed by atoms with Gasteiger partial charge in [-0.05, 0) is 79.5 Å². The predicted octanol–water partition coefficient (Wildman–Crippen LogP) is 4.03. The summed E-state index contributed by atoms with van der Waals surface area (Å²) in [5.74, 6) is 0.310. The average Bonchev–Trinajstić information content (AvgIpc) is 3.68. The molecule has 2 aliphatic rings.